The number of methoxy groups -OCH3 is 1. The van der Waals surface area contributed by atoms with E-state index >= 15 is 0 Å². The van der Waals surface area contributed by atoms with Crippen LogP contribution in [-0.2, 0) is 9.59 Å². The number of carbonyl (C=O) groups excluding carboxylic acids is 2. The van der Waals surface area contributed by atoms with E-state index in [2.05, 4.69) is 15.2 Å². The third kappa shape index (κ3) is 4.41. The molecule has 1 aliphatic rings. The van der Waals surface area contributed by atoms with Gasteiger partial charge in [0, 0.05) is 18.4 Å². The van der Waals surface area contributed by atoms with Crippen LogP contribution in [0.25, 0.3) is 11.3 Å². The van der Waals surface area contributed by atoms with Gasteiger partial charge in [-0.05, 0) is 30.5 Å². The molecule has 3 aromatic rings. The molecule has 0 saturated carbocycles. The Morgan fingerprint density at radius 1 is 1.12 bits per heavy atom. The molecule has 0 fully saturated rings. The first-order chi connectivity index (χ1) is 16.5. The molecule has 0 bridgehead atoms. The first-order valence-electron chi connectivity index (χ1n) is 10.8. The van der Waals surface area contributed by atoms with Crippen LogP contribution in [0.15, 0.2) is 47.6 Å². The van der Waals surface area contributed by atoms with Crippen LogP contribution in [0.3, 0.4) is 0 Å². The van der Waals surface area contributed by atoms with Gasteiger partial charge in [-0.15, -0.1) is 10.2 Å². The van der Waals surface area contributed by atoms with Gasteiger partial charge in [0.25, 0.3) is 0 Å². The summed E-state index contributed by atoms with van der Waals surface area (Å²) in [7, 11) is 1.53. The van der Waals surface area contributed by atoms with Crippen LogP contribution in [0.4, 0.5) is 5.69 Å². The molecule has 1 aromatic heterocycles. The number of esters is 1. The summed E-state index contributed by atoms with van der Waals surface area (Å²) in [4.78, 5) is 31.6. The molecule has 0 radical (unpaired) electrons. The van der Waals surface area contributed by atoms with E-state index in [0.29, 0.717) is 33.4 Å². The minimum absolute atomic E-state index is 0.189. The number of thioether (sulfide) groups is 1. The highest BCUT2D eigenvalue weighted by molar-refractivity contribution is 7.98. The number of amides is 1. The second-order valence-corrected chi connectivity index (χ2v) is 8.06. The highest BCUT2D eigenvalue weighted by Gasteiger charge is 2.37. The number of hydrogen-bond donors (Lipinski definition) is 0. The van der Waals surface area contributed by atoms with E-state index in [-0.39, 0.29) is 30.4 Å². The molecule has 1 atom stereocenters. The zero-order chi connectivity index (χ0) is 24.2. The van der Waals surface area contributed by atoms with Crippen molar-refractivity contribution in [3.8, 4) is 28.6 Å². The minimum atomic E-state index is -1.00. The van der Waals surface area contributed by atoms with Crippen LogP contribution < -0.4 is 19.1 Å². The lowest BCUT2D eigenvalue weighted by Gasteiger charge is -2.31. The van der Waals surface area contributed by atoms with E-state index < -0.39 is 12.2 Å². The van der Waals surface area contributed by atoms with Gasteiger partial charge in [0.1, 0.15) is 11.5 Å². The van der Waals surface area contributed by atoms with Crippen molar-refractivity contribution in [1.29, 1.82) is 0 Å². The average Bonchev–Trinajstić information content (AvgIpc) is 3.02. The van der Waals surface area contributed by atoms with E-state index in [1.165, 1.54) is 23.8 Å². The summed E-state index contributed by atoms with van der Waals surface area (Å²) in [6, 6.07) is 12.3. The van der Waals surface area contributed by atoms with Crippen LogP contribution in [0, 0.1) is 0 Å². The van der Waals surface area contributed by atoms with Crippen LogP contribution in [-0.4, -0.2) is 40.4 Å². The quantitative estimate of drug-likeness (QED) is 0.288. The van der Waals surface area contributed by atoms with Crippen molar-refractivity contribution in [3.05, 3.63) is 48.0 Å². The van der Waals surface area contributed by atoms with Gasteiger partial charge in [0.15, 0.2) is 5.69 Å². The van der Waals surface area contributed by atoms with E-state index in [9.17, 15) is 9.59 Å². The van der Waals surface area contributed by atoms with Crippen molar-refractivity contribution in [3.63, 3.8) is 0 Å². The summed E-state index contributed by atoms with van der Waals surface area (Å²) < 4.78 is 17.4. The molecule has 34 heavy (non-hydrogen) atoms. The van der Waals surface area contributed by atoms with Crippen LogP contribution in [0.1, 0.15) is 38.5 Å². The predicted octanol–water partition coefficient (Wildman–Crippen LogP) is 4.42. The number of anilines is 1. The normalized spacial score (nSPS) is 14.4. The Labute approximate surface area is 201 Å². The Balaban J connectivity index is 1.99. The largest absolute Gasteiger partial charge is 0.497 e. The Kier molecular flexibility index (Phi) is 6.97. The Bertz CT molecular complexity index is 1240. The van der Waals surface area contributed by atoms with Gasteiger partial charge in [-0.3, -0.25) is 14.5 Å². The summed E-state index contributed by atoms with van der Waals surface area (Å²) in [6.45, 7) is 3.48. The van der Waals surface area contributed by atoms with Gasteiger partial charge in [-0.25, -0.2) is 0 Å². The summed E-state index contributed by atoms with van der Waals surface area (Å²) in [5.41, 5.74) is 2.10. The first-order valence-corrected chi connectivity index (χ1v) is 12.0. The number of para-hydroxylation sites is 1. The maximum Gasteiger partial charge on any atom is 0.310 e. The predicted molar refractivity (Wildman–Crippen MR) is 127 cm³/mol. The molecule has 0 saturated heterocycles. The third-order valence-corrected chi connectivity index (χ3v) is 5.80. The molecule has 0 spiro atoms. The Morgan fingerprint density at radius 2 is 1.91 bits per heavy atom. The molecule has 2 aromatic carbocycles. The molecule has 0 N–H and O–H groups in total. The van der Waals surface area contributed by atoms with E-state index in [0.717, 1.165) is 0 Å². The van der Waals surface area contributed by atoms with Gasteiger partial charge in [-0.1, -0.05) is 43.8 Å². The molecule has 176 valence electrons. The third-order valence-electron chi connectivity index (χ3n) is 5.26. The molecule has 1 aliphatic heterocycles. The molecule has 4 rings (SSSR count). The smallest absolute Gasteiger partial charge is 0.310 e. The topological polar surface area (TPSA) is 104 Å². The lowest BCUT2D eigenvalue weighted by molar-refractivity contribution is -0.134. The highest BCUT2D eigenvalue weighted by atomic mass is 32.2. The Hall–Kier alpha value is -3.66. The molecular formula is C24H24N4O5S. The van der Waals surface area contributed by atoms with Crippen molar-refractivity contribution < 1.29 is 23.8 Å². The fraction of sp³-hybridized carbons (Fsp3) is 0.292. The number of aromatic nitrogens is 3. The second-order valence-electron chi connectivity index (χ2n) is 7.29. The fourth-order valence-electron chi connectivity index (χ4n) is 3.58. The zero-order valence-electron chi connectivity index (χ0n) is 19.3. The SMILES string of the molecule is CCC(=O)Oc1ccc(OC)cc1[C@@H]1Oc2nc(SC)nnc2-c2ccccc2N1C(=O)CC. The number of nitrogens with zero attached hydrogens (tertiary/aromatic N) is 4. The lowest BCUT2D eigenvalue weighted by atomic mass is 10.1. The van der Waals surface area contributed by atoms with Gasteiger partial charge in [0.05, 0.1) is 18.4 Å². The van der Waals surface area contributed by atoms with Crippen LogP contribution in [0.2, 0.25) is 0 Å². The first kappa shape index (κ1) is 23.5. The zero-order valence-corrected chi connectivity index (χ0v) is 20.1. The maximum absolute atomic E-state index is 13.3. The van der Waals surface area contributed by atoms with E-state index in [4.69, 9.17) is 14.2 Å². The van der Waals surface area contributed by atoms with E-state index in [1.807, 2.05) is 30.5 Å². The van der Waals surface area contributed by atoms with Crippen molar-refractivity contribution in [1.82, 2.24) is 15.2 Å². The van der Waals surface area contributed by atoms with Crippen LogP contribution in [0.5, 0.6) is 17.4 Å². The monoisotopic (exact) mass is 480 g/mol. The van der Waals surface area contributed by atoms with Crippen molar-refractivity contribution in [2.45, 2.75) is 38.1 Å². The molecule has 1 amide bonds. The van der Waals surface area contributed by atoms with Gasteiger partial charge < -0.3 is 14.2 Å². The van der Waals surface area contributed by atoms with Gasteiger partial charge in [-0.2, -0.15) is 4.98 Å². The van der Waals surface area contributed by atoms with Crippen molar-refractivity contribution >= 4 is 29.3 Å². The summed E-state index contributed by atoms with van der Waals surface area (Å²) in [6.07, 6.45) is 1.24. The van der Waals surface area contributed by atoms with Crippen molar-refractivity contribution in [2.75, 3.05) is 18.3 Å². The summed E-state index contributed by atoms with van der Waals surface area (Å²) >= 11 is 1.32. The van der Waals surface area contributed by atoms with Gasteiger partial charge >= 0.3 is 5.97 Å². The minimum Gasteiger partial charge on any atom is -0.497 e. The number of fused-ring (bicyclic) bond motifs is 3. The Morgan fingerprint density at radius 3 is 2.62 bits per heavy atom. The average molecular weight is 481 g/mol. The van der Waals surface area contributed by atoms with Crippen molar-refractivity contribution in [2.24, 2.45) is 0 Å². The molecule has 2 heterocycles. The number of rotatable bonds is 6. The van der Waals surface area contributed by atoms with Crippen LogP contribution >= 0.6 is 11.8 Å². The fourth-order valence-corrected chi connectivity index (χ4v) is 3.87. The maximum atomic E-state index is 13.3. The number of benzene rings is 2. The lowest BCUT2D eigenvalue weighted by Crippen LogP contribution is -2.37. The molecular weight excluding hydrogens is 456 g/mol. The molecule has 10 heteroatoms. The number of carbonyl (C=O) groups is 2. The summed E-state index contributed by atoms with van der Waals surface area (Å²) in [5.74, 6) is 0.391. The highest BCUT2D eigenvalue weighted by Crippen LogP contribution is 2.45. The van der Waals surface area contributed by atoms with Gasteiger partial charge in [0.2, 0.25) is 23.2 Å². The number of ether oxygens (including phenoxy) is 3. The standard InChI is InChI=1S/C24H24N4O5S/c1-5-19(29)28-17-10-8-7-9-15(17)21-22(25-24(34-4)27-26-21)33-23(28)16-13-14(31-3)11-12-18(16)32-20(30)6-2/h7-13,23H,5-6H2,1-4H3/t23-/m0/s1. The number of hydrogen-bond acceptors (Lipinski definition) is 9. The second kappa shape index (κ2) is 10.1. The molecule has 9 nitrogen and oxygen atoms in total. The van der Waals surface area contributed by atoms with E-state index in [1.54, 1.807) is 32.0 Å². The molecule has 0 aliphatic carbocycles. The summed E-state index contributed by atoms with van der Waals surface area (Å²) in [5, 5.41) is 8.94. The molecule has 0 unspecified atom stereocenters.